The zero-order valence-corrected chi connectivity index (χ0v) is 6.78. The molecule has 0 saturated carbocycles. The van der Waals surface area contributed by atoms with Gasteiger partial charge in [0.1, 0.15) is 0 Å². The van der Waals surface area contributed by atoms with Gasteiger partial charge in [0.15, 0.2) is 0 Å². The van der Waals surface area contributed by atoms with E-state index in [0.717, 1.165) is 6.42 Å². The van der Waals surface area contributed by atoms with E-state index in [1.165, 1.54) is 5.56 Å². The van der Waals surface area contributed by atoms with Gasteiger partial charge in [-0.25, -0.2) is 0 Å². The second-order valence-electron chi connectivity index (χ2n) is 1.84. The summed E-state index contributed by atoms with van der Waals surface area (Å²) in [5, 5.41) is 0. The summed E-state index contributed by atoms with van der Waals surface area (Å²) in [5.41, 5.74) is 1.41. The summed E-state index contributed by atoms with van der Waals surface area (Å²) >= 11 is 0. The fourth-order valence-corrected chi connectivity index (χ4v) is 0.714. The fraction of sp³-hybridized carbons (Fsp3) is 0.250. The molecule has 9 heavy (non-hydrogen) atoms. The molecule has 1 rings (SSSR count). The fourth-order valence-electron chi connectivity index (χ4n) is 0.714. The smallest absolute Gasteiger partial charge is 0.0622 e. The minimum atomic E-state index is 0. The maximum Gasteiger partial charge on any atom is 2.00 e. The Morgan fingerprint density at radius 3 is 2.00 bits per heavy atom. The molecule has 0 spiro atoms. The molecule has 0 bridgehead atoms. The van der Waals surface area contributed by atoms with Crippen LogP contribution in [0.25, 0.3) is 0 Å². The quantitative estimate of drug-likeness (QED) is 0.588. The number of rotatable bonds is 1. The van der Waals surface area contributed by atoms with Crippen LogP contribution in [0.15, 0.2) is 30.3 Å². The van der Waals surface area contributed by atoms with E-state index in [2.05, 4.69) is 31.2 Å². The van der Waals surface area contributed by atoms with E-state index < -0.39 is 0 Å². The van der Waals surface area contributed by atoms with Crippen molar-refractivity contribution in [2.45, 2.75) is 13.3 Å². The van der Waals surface area contributed by atoms with Gasteiger partial charge in [0, 0.05) is 0 Å². The van der Waals surface area contributed by atoms with E-state index >= 15 is 0 Å². The maximum atomic E-state index is 2.16. The van der Waals surface area contributed by atoms with Gasteiger partial charge in [-0.05, 0) is 12.0 Å². The topological polar surface area (TPSA) is 0 Å². The Hall–Kier alpha value is -0.248. The molecule has 1 heteroatoms. The van der Waals surface area contributed by atoms with E-state index in [-0.39, 0.29) is 17.4 Å². The first-order chi connectivity index (χ1) is 3.93. The normalized spacial score (nSPS) is 8.11. The summed E-state index contributed by atoms with van der Waals surface area (Å²) < 4.78 is 0. The summed E-state index contributed by atoms with van der Waals surface area (Å²) in [5.74, 6) is 0. The van der Waals surface area contributed by atoms with Gasteiger partial charge in [-0.15, -0.1) is 0 Å². The predicted molar refractivity (Wildman–Crippen MR) is 35.8 cm³/mol. The predicted octanol–water partition coefficient (Wildman–Crippen LogP) is 2.25. The van der Waals surface area contributed by atoms with E-state index in [4.69, 9.17) is 0 Å². The van der Waals surface area contributed by atoms with Crippen molar-refractivity contribution < 1.29 is 17.4 Å². The Bertz CT molecular complexity index is 146. The van der Waals surface area contributed by atoms with Gasteiger partial charge in [0.2, 0.25) is 0 Å². The third-order valence-electron chi connectivity index (χ3n) is 1.25. The average molecular weight is 158 g/mol. The van der Waals surface area contributed by atoms with Crippen LogP contribution >= 0.6 is 0 Å². The van der Waals surface area contributed by atoms with Crippen LogP contribution in [0.1, 0.15) is 12.5 Å². The molecule has 0 saturated heterocycles. The molecule has 0 N–H and O–H groups in total. The summed E-state index contributed by atoms with van der Waals surface area (Å²) in [6.07, 6.45) is 1.14. The summed E-state index contributed by atoms with van der Waals surface area (Å²) in [6.45, 7) is 2.16. The van der Waals surface area contributed by atoms with Crippen LogP contribution in [-0.4, -0.2) is 0 Å². The molecule has 0 aliphatic carbocycles. The van der Waals surface area contributed by atoms with Crippen LogP contribution in [0.4, 0.5) is 0 Å². The van der Waals surface area contributed by atoms with Gasteiger partial charge in [0.25, 0.3) is 0 Å². The molecule has 0 radical (unpaired) electrons. The van der Waals surface area contributed by atoms with E-state index in [1.54, 1.807) is 0 Å². The van der Waals surface area contributed by atoms with E-state index in [9.17, 15) is 0 Å². The van der Waals surface area contributed by atoms with Gasteiger partial charge in [-0.2, -0.15) is 0 Å². The average Bonchev–Trinajstić information content (AvgIpc) is 1.90. The second-order valence-corrected chi connectivity index (χ2v) is 1.84. The molecule has 0 heterocycles. The molecule has 0 unspecified atom stereocenters. The Kier molecular flexibility index (Phi) is 4.49. The van der Waals surface area contributed by atoms with E-state index in [1.807, 2.05) is 6.07 Å². The summed E-state index contributed by atoms with van der Waals surface area (Å²) in [7, 11) is 0. The van der Waals surface area contributed by atoms with Crippen molar-refractivity contribution in [3.8, 4) is 0 Å². The summed E-state index contributed by atoms with van der Waals surface area (Å²) in [6, 6.07) is 10.5. The number of hydrogen-bond donors (Lipinski definition) is 0. The van der Waals surface area contributed by atoms with Crippen LogP contribution in [0, 0.1) is 0 Å². The Balaban J connectivity index is 0.000000640. The Morgan fingerprint density at radius 1 is 1.11 bits per heavy atom. The molecule has 0 nitrogen and oxygen atoms in total. The molecule has 0 aromatic heterocycles. The van der Waals surface area contributed by atoms with Crippen LogP contribution < -0.4 is 0 Å². The number of aryl methyl sites for hydroxylation is 1. The summed E-state index contributed by atoms with van der Waals surface area (Å²) in [4.78, 5) is 0. The zero-order valence-electron chi connectivity index (χ0n) is 5.50. The van der Waals surface area contributed by atoms with Crippen molar-refractivity contribution in [2.24, 2.45) is 0 Å². The van der Waals surface area contributed by atoms with Gasteiger partial charge in [0.05, 0.1) is 0 Å². The van der Waals surface area contributed by atoms with Gasteiger partial charge >= 0.3 is 17.4 Å². The van der Waals surface area contributed by atoms with Crippen molar-refractivity contribution in [1.29, 1.82) is 0 Å². The molecule has 0 aliphatic heterocycles. The first kappa shape index (κ1) is 8.75. The van der Waals surface area contributed by atoms with E-state index in [0.29, 0.717) is 0 Å². The van der Waals surface area contributed by atoms with Crippen molar-refractivity contribution in [3.05, 3.63) is 35.9 Å². The Morgan fingerprint density at radius 2 is 1.67 bits per heavy atom. The van der Waals surface area contributed by atoms with Crippen molar-refractivity contribution >= 4 is 0 Å². The first-order valence-electron chi connectivity index (χ1n) is 2.97. The number of hydrogen-bond acceptors (Lipinski definition) is 0. The van der Waals surface area contributed by atoms with Crippen LogP contribution in [0.2, 0.25) is 0 Å². The zero-order chi connectivity index (χ0) is 5.82. The van der Waals surface area contributed by atoms with Crippen molar-refractivity contribution in [3.63, 3.8) is 0 Å². The van der Waals surface area contributed by atoms with Gasteiger partial charge < -0.3 is 0 Å². The minimum Gasteiger partial charge on any atom is -0.0622 e. The minimum absolute atomic E-state index is 0. The molecule has 46 valence electrons. The van der Waals surface area contributed by atoms with Gasteiger partial charge in [-0.3, -0.25) is 0 Å². The largest absolute Gasteiger partial charge is 2.00 e. The Labute approximate surface area is 67.0 Å². The van der Waals surface area contributed by atoms with Gasteiger partial charge in [-0.1, -0.05) is 37.3 Å². The maximum absolute atomic E-state index is 2.16. The molecule has 0 atom stereocenters. The molecule has 0 aliphatic rings. The number of benzene rings is 1. The molecule has 1 aromatic carbocycles. The molecule has 0 fully saturated rings. The molecule has 1 aromatic rings. The molecule has 0 amide bonds. The van der Waals surface area contributed by atoms with Crippen LogP contribution in [0.3, 0.4) is 0 Å². The molecular weight excluding hydrogens is 148 g/mol. The first-order valence-corrected chi connectivity index (χ1v) is 2.97. The standard InChI is InChI=1S/C8H10.Cr/c1-2-8-6-4-3-5-7-8;/h3-7H,2H2,1H3;/q;+2. The van der Waals surface area contributed by atoms with Crippen LogP contribution in [0.5, 0.6) is 0 Å². The third-order valence-corrected chi connectivity index (χ3v) is 1.25. The molecular formula is C8H10Cr+2. The van der Waals surface area contributed by atoms with Crippen LogP contribution in [-0.2, 0) is 23.8 Å². The monoisotopic (exact) mass is 158 g/mol. The second kappa shape index (κ2) is 4.61. The van der Waals surface area contributed by atoms with Crippen molar-refractivity contribution in [2.75, 3.05) is 0 Å². The van der Waals surface area contributed by atoms with Crippen molar-refractivity contribution in [1.82, 2.24) is 0 Å². The SMILES string of the molecule is CCc1ccccc1.[Cr+2]. The third kappa shape index (κ3) is 2.70.